The number of rotatable bonds is 9. The van der Waals surface area contributed by atoms with E-state index in [9.17, 15) is 0 Å². The molecule has 3 rings (SSSR count). The van der Waals surface area contributed by atoms with E-state index in [1.807, 2.05) is 37.4 Å². The lowest BCUT2D eigenvalue weighted by Crippen LogP contribution is -2.38. The average Bonchev–Trinajstić information content (AvgIpc) is 2.75. The minimum Gasteiger partial charge on any atom is -0.493 e. The van der Waals surface area contributed by atoms with E-state index in [2.05, 4.69) is 15.2 Å². The molecule has 0 bridgehead atoms. The van der Waals surface area contributed by atoms with Gasteiger partial charge in [0.2, 0.25) is 5.75 Å². The van der Waals surface area contributed by atoms with Crippen LogP contribution in [0, 0.1) is 0 Å². The van der Waals surface area contributed by atoms with Gasteiger partial charge in [0.15, 0.2) is 17.8 Å². The number of ether oxygens (including phenoxy) is 4. The number of hydrogen-bond acceptors (Lipinski definition) is 8. The lowest BCUT2D eigenvalue weighted by Gasteiger charge is -2.30. The summed E-state index contributed by atoms with van der Waals surface area (Å²) in [6.07, 6.45) is 1.53. The number of nitrogens with one attached hydrogen (secondary N) is 1. The molecule has 2 N–H and O–H groups in total. The first-order chi connectivity index (χ1) is 14.1. The third-order valence-corrected chi connectivity index (χ3v) is 4.61. The summed E-state index contributed by atoms with van der Waals surface area (Å²) in [6.45, 7) is 0.921. The van der Waals surface area contributed by atoms with Crippen molar-refractivity contribution >= 4 is 11.9 Å². The Labute approximate surface area is 170 Å². The second-order valence-electron chi connectivity index (χ2n) is 6.54. The Kier molecular flexibility index (Phi) is 6.79. The Morgan fingerprint density at radius 3 is 2.59 bits per heavy atom. The Bertz CT molecular complexity index is 872. The van der Waals surface area contributed by atoms with Gasteiger partial charge in [0.05, 0.1) is 39.2 Å². The minimum atomic E-state index is -0.257. The van der Waals surface area contributed by atoms with Crippen molar-refractivity contribution in [2.24, 2.45) is 4.99 Å². The fourth-order valence-electron chi connectivity index (χ4n) is 3.24. The highest BCUT2D eigenvalue weighted by molar-refractivity contribution is 5.95. The first kappa shape index (κ1) is 20.8. The first-order valence-corrected chi connectivity index (χ1v) is 9.26. The number of fused-ring (bicyclic) bond motifs is 1. The van der Waals surface area contributed by atoms with Gasteiger partial charge < -0.3 is 29.4 Å². The zero-order chi connectivity index (χ0) is 20.8. The monoisotopic (exact) mass is 401 g/mol. The van der Waals surface area contributed by atoms with Gasteiger partial charge >= 0.3 is 0 Å². The van der Waals surface area contributed by atoms with E-state index in [0.717, 1.165) is 22.6 Å². The van der Waals surface area contributed by atoms with E-state index in [1.165, 1.54) is 0 Å². The van der Waals surface area contributed by atoms with Crippen molar-refractivity contribution in [1.82, 2.24) is 4.90 Å². The number of methoxy groups -OCH3 is 3. The van der Waals surface area contributed by atoms with Gasteiger partial charge in [-0.1, -0.05) is 12.1 Å². The van der Waals surface area contributed by atoms with Gasteiger partial charge in [0, 0.05) is 18.8 Å². The topological polar surface area (TPSA) is 84.8 Å². The van der Waals surface area contributed by atoms with Crippen LogP contribution in [0.1, 0.15) is 11.1 Å². The molecule has 1 aliphatic rings. The fourth-order valence-corrected chi connectivity index (χ4v) is 3.24. The summed E-state index contributed by atoms with van der Waals surface area (Å²) in [5, 5.41) is 12.3. The van der Waals surface area contributed by atoms with Crippen LogP contribution in [0.4, 0.5) is 5.69 Å². The second kappa shape index (κ2) is 9.49. The molecule has 8 nitrogen and oxygen atoms in total. The Balaban J connectivity index is 1.78. The number of aliphatic hydroxyl groups is 1. The summed E-state index contributed by atoms with van der Waals surface area (Å²) >= 11 is 0. The largest absolute Gasteiger partial charge is 0.493 e. The lowest BCUT2D eigenvalue weighted by atomic mass is 10.1. The normalized spacial score (nSPS) is 14.9. The molecule has 1 unspecified atom stereocenters. The van der Waals surface area contributed by atoms with Crippen LogP contribution in [0.2, 0.25) is 0 Å². The molecular weight excluding hydrogens is 374 g/mol. The van der Waals surface area contributed by atoms with Gasteiger partial charge in [-0.15, -0.1) is 0 Å². The number of aliphatic hydroxyl groups excluding tert-OH is 1. The van der Waals surface area contributed by atoms with Gasteiger partial charge in [-0.2, -0.15) is 0 Å². The number of aliphatic imine (C=N–C) groups is 1. The molecule has 0 spiro atoms. The maximum absolute atomic E-state index is 8.92. The van der Waals surface area contributed by atoms with Gasteiger partial charge in [-0.3, -0.25) is 9.89 Å². The summed E-state index contributed by atoms with van der Waals surface area (Å²) in [5.74, 6) is 2.43. The summed E-state index contributed by atoms with van der Waals surface area (Å²) < 4.78 is 21.9. The van der Waals surface area contributed by atoms with E-state index in [-0.39, 0.29) is 19.5 Å². The van der Waals surface area contributed by atoms with Crippen LogP contribution < -0.4 is 24.3 Å². The maximum atomic E-state index is 8.92. The molecule has 0 aliphatic carbocycles. The van der Waals surface area contributed by atoms with Crippen LogP contribution in [-0.4, -0.2) is 64.1 Å². The van der Waals surface area contributed by atoms with Crippen LogP contribution in [0.15, 0.2) is 35.3 Å². The van der Waals surface area contributed by atoms with Crippen molar-refractivity contribution in [3.63, 3.8) is 0 Å². The highest BCUT2D eigenvalue weighted by atomic mass is 16.5. The number of anilines is 1. The SMILES string of the molecule is COc1cc2c(c(OC)c1OC)C=NC(N(C)Cc1cccc(OCCO)c1)N2. The predicted octanol–water partition coefficient (Wildman–Crippen LogP) is 2.34. The van der Waals surface area contributed by atoms with Crippen molar-refractivity contribution < 1.29 is 24.1 Å². The second-order valence-corrected chi connectivity index (χ2v) is 6.54. The molecular formula is C21H27N3O5. The number of hydrogen-bond donors (Lipinski definition) is 2. The lowest BCUT2D eigenvalue weighted by molar-refractivity contribution is 0.201. The molecule has 0 saturated heterocycles. The van der Waals surface area contributed by atoms with E-state index in [4.69, 9.17) is 24.1 Å². The molecule has 2 aromatic rings. The Morgan fingerprint density at radius 2 is 1.90 bits per heavy atom. The van der Waals surface area contributed by atoms with E-state index < -0.39 is 0 Å². The van der Waals surface area contributed by atoms with Crippen molar-refractivity contribution in [3.05, 3.63) is 41.5 Å². The quantitative estimate of drug-likeness (QED) is 0.667. The molecule has 0 fully saturated rings. The van der Waals surface area contributed by atoms with Crippen molar-refractivity contribution in [2.75, 3.05) is 46.9 Å². The van der Waals surface area contributed by atoms with Gasteiger partial charge in [-0.05, 0) is 24.7 Å². The Morgan fingerprint density at radius 1 is 1.10 bits per heavy atom. The maximum Gasteiger partial charge on any atom is 0.204 e. The molecule has 0 radical (unpaired) electrons. The van der Waals surface area contributed by atoms with Crippen LogP contribution in [0.3, 0.4) is 0 Å². The molecule has 1 aliphatic heterocycles. The fraction of sp³-hybridized carbons (Fsp3) is 0.381. The highest BCUT2D eigenvalue weighted by Gasteiger charge is 2.25. The van der Waals surface area contributed by atoms with Gasteiger partial charge in [-0.25, -0.2) is 0 Å². The number of nitrogens with zero attached hydrogens (tertiary/aromatic N) is 2. The van der Waals surface area contributed by atoms with Crippen molar-refractivity contribution in [1.29, 1.82) is 0 Å². The Hall–Kier alpha value is -2.97. The standard InChI is InChI=1S/C21H27N3O5/c1-24(13-14-6-5-7-15(10-14)29-9-8-25)21-22-12-16-17(23-21)11-18(26-2)20(28-4)19(16)27-3/h5-7,10-12,21,23,25H,8-9,13H2,1-4H3. The molecule has 0 aromatic heterocycles. The van der Waals surface area contributed by atoms with Crippen LogP contribution in [0.5, 0.6) is 23.0 Å². The highest BCUT2D eigenvalue weighted by Crippen LogP contribution is 2.44. The van der Waals surface area contributed by atoms with E-state index in [1.54, 1.807) is 27.5 Å². The summed E-state index contributed by atoms with van der Waals surface area (Å²) in [7, 11) is 6.75. The molecule has 0 saturated carbocycles. The van der Waals surface area contributed by atoms with Crippen molar-refractivity contribution in [2.45, 2.75) is 12.8 Å². The summed E-state index contributed by atoms with van der Waals surface area (Å²) in [4.78, 5) is 6.70. The third kappa shape index (κ3) is 4.55. The van der Waals surface area contributed by atoms with Gasteiger partial charge in [0.25, 0.3) is 0 Å². The average molecular weight is 401 g/mol. The van der Waals surface area contributed by atoms with Crippen LogP contribution >= 0.6 is 0 Å². The minimum absolute atomic E-state index is 0.0119. The molecule has 8 heteroatoms. The van der Waals surface area contributed by atoms with Crippen molar-refractivity contribution in [3.8, 4) is 23.0 Å². The molecule has 0 amide bonds. The van der Waals surface area contributed by atoms with Crippen LogP contribution in [0.25, 0.3) is 0 Å². The molecule has 156 valence electrons. The van der Waals surface area contributed by atoms with Crippen LogP contribution in [-0.2, 0) is 6.54 Å². The van der Waals surface area contributed by atoms with E-state index in [0.29, 0.717) is 23.8 Å². The molecule has 1 atom stereocenters. The number of benzene rings is 2. The smallest absolute Gasteiger partial charge is 0.204 e. The molecule has 29 heavy (non-hydrogen) atoms. The zero-order valence-corrected chi connectivity index (χ0v) is 17.1. The summed E-state index contributed by atoms with van der Waals surface area (Å²) in [5.41, 5.74) is 2.75. The molecule has 1 heterocycles. The zero-order valence-electron chi connectivity index (χ0n) is 17.1. The molecule has 2 aromatic carbocycles. The van der Waals surface area contributed by atoms with E-state index >= 15 is 0 Å². The summed E-state index contributed by atoms with van der Waals surface area (Å²) in [6, 6.07) is 9.68. The van der Waals surface area contributed by atoms with Gasteiger partial charge in [0.1, 0.15) is 12.4 Å². The third-order valence-electron chi connectivity index (χ3n) is 4.61. The predicted molar refractivity (Wildman–Crippen MR) is 112 cm³/mol. The first-order valence-electron chi connectivity index (χ1n) is 9.26.